The van der Waals surface area contributed by atoms with Crippen molar-refractivity contribution in [2.75, 3.05) is 20.2 Å². The lowest BCUT2D eigenvalue weighted by molar-refractivity contribution is -0.129. The summed E-state index contributed by atoms with van der Waals surface area (Å²) in [7, 11) is 1.66. The van der Waals surface area contributed by atoms with Gasteiger partial charge in [0.15, 0.2) is 5.82 Å². The van der Waals surface area contributed by atoms with Crippen LogP contribution in [0.5, 0.6) is 0 Å². The lowest BCUT2D eigenvalue weighted by Crippen LogP contribution is -2.36. The number of amides is 2. The van der Waals surface area contributed by atoms with Crippen LogP contribution in [0.1, 0.15) is 58.8 Å². The summed E-state index contributed by atoms with van der Waals surface area (Å²) in [4.78, 5) is 37.8. The Morgan fingerprint density at radius 1 is 1.21 bits per heavy atom. The minimum atomic E-state index is -0.0997. The SMILES string of the molecule is COCc1ccc(C(=O)N2CCC[C@H]2c2ncc3c(n2)CCN(C(C)=O)C3)cc1. The molecule has 0 radical (unpaired) electrons. The second-order valence-corrected chi connectivity index (χ2v) is 7.68. The van der Waals surface area contributed by atoms with E-state index in [9.17, 15) is 9.59 Å². The highest BCUT2D eigenvalue weighted by Gasteiger charge is 2.33. The van der Waals surface area contributed by atoms with E-state index in [2.05, 4.69) is 4.98 Å². The Morgan fingerprint density at radius 2 is 2.00 bits per heavy atom. The third-order valence-electron chi connectivity index (χ3n) is 5.72. The second kappa shape index (κ2) is 8.29. The van der Waals surface area contributed by atoms with E-state index < -0.39 is 0 Å². The average molecular weight is 394 g/mol. The zero-order valence-corrected chi connectivity index (χ0v) is 16.9. The topological polar surface area (TPSA) is 75.6 Å². The van der Waals surface area contributed by atoms with Crippen LogP contribution in [0.25, 0.3) is 0 Å². The molecular formula is C22H26N4O3. The van der Waals surface area contributed by atoms with E-state index >= 15 is 0 Å². The smallest absolute Gasteiger partial charge is 0.254 e. The third kappa shape index (κ3) is 4.00. The summed E-state index contributed by atoms with van der Waals surface area (Å²) in [6.45, 7) is 4.07. The summed E-state index contributed by atoms with van der Waals surface area (Å²) in [5.74, 6) is 0.797. The molecule has 2 aliphatic rings. The maximum Gasteiger partial charge on any atom is 0.254 e. The molecule has 1 saturated heterocycles. The van der Waals surface area contributed by atoms with Gasteiger partial charge in [0.1, 0.15) is 0 Å². The number of carbonyl (C=O) groups is 2. The molecule has 0 unspecified atom stereocenters. The lowest BCUT2D eigenvalue weighted by atomic mass is 10.1. The standard InChI is InChI=1S/C22H26N4O3/c1-15(27)25-11-9-19-18(13-25)12-23-21(24-19)20-4-3-10-26(20)22(28)17-7-5-16(6-8-17)14-29-2/h5-8,12,20H,3-4,9-11,13-14H2,1-2H3/t20-/m0/s1. The van der Waals surface area contributed by atoms with Gasteiger partial charge in [0.2, 0.25) is 5.91 Å². The average Bonchev–Trinajstić information content (AvgIpc) is 3.23. The van der Waals surface area contributed by atoms with Crippen LogP contribution in [0.15, 0.2) is 30.5 Å². The Labute approximate surface area is 170 Å². The van der Waals surface area contributed by atoms with Gasteiger partial charge in [-0.2, -0.15) is 0 Å². The van der Waals surface area contributed by atoms with Crippen molar-refractivity contribution in [3.05, 3.63) is 58.7 Å². The second-order valence-electron chi connectivity index (χ2n) is 7.68. The van der Waals surface area contributed by atoms with Gasteiger partial charge in [-0.1, -0.05) is 12.1 Å². The first-order chi connectivity index (χ1) is 14.1. The first-order valence-corrected chi connectivity index (χ1v) is 10.1. The third-order valence-corrected chi connectivity index (χ3v) is 5.72. The molecule has 2 aliphatic heterocycles. The van der Waals surface area contributed by atoms with Crippen molar-refractivity contribution in [2.24, 2.45) is 0 Å². The fourth-order valence-corrected chi connectivity index (χ4v) is 4.12. The molecule has 0 N–H and O–H groups in total. The molecule has 152 valence electrons. The first kappa shape index (κ1) is 19.5. The highest BCUT2D eigenvalue weighted by atomic mass is 16.5. The Bertz CT molecular complexity index is 913. The van der Waals surface area contributed by atoms with Gasteiger partial charge in [0.05, 0.1) is 18.3 Å². The van der Waals surface area contributed by atoms with Crippen LogP contribution < -0.4 is 0 Å². The van der Waals surface area contributed by atoms with Gasteiger partial charge in [-0.3, -0.25) is 9.59 Å². The monoisotopic (exact) mass is 394 g/mol. The molecule has 0 saturated carbocycles. The number of ether oxygens (including phenoxy) is 1. The molecule has 7 heteroatoms. The molecule has 1 aromatic carbocycles. The summed E-state index contributed by atoms with van der Waals surface area (Å²) in [5, 5.41) is 0. The van der Waals surface area contributed by atoms with Crippen molar-refractivity contribution in [1.29, 1.82) is 0 Å². The number of carbonyl (C=O) groups excluding carboxylic acids is 2. The molecule has 1 fully saturated rings. The number of benzene rings is 1. The first-order valence-electron chi connectivity index (χ1n) is 10.1. The van der Waals surface area contributed by atoms with Crippen LogP contribution in [-0.2, 0) is 29.1 Å². The minimum absolute atomic E-state index is 0.0144. The molecule has 4 rings (SSSR count). The van der Waals surface area contributed by atoms with Crippen LogP contribution >= 0.6 is 0 Å². The lowest BCUT2D eigenvalue weighted by Gasteiger charge is -2.28. The molecule has 2 aromatic rings. The normalized spacial score (nSPS) is 18.6. The van der Waals surface area contributed by atoms with Crippen molar-refractivity contribution in [1.82, 2.24) is 19.8 Å². The van der Waals surface area contributed by atoms with Crippen molar-refractivity contribution < 1.29 is 14.3 Å². The number of aromatic nitrogens is 2. The van der Waals surface area contributed by atoms with Gasteiger partial charge in [-0.05, 0) is 30.5 Å². The van der Waals surface area contributed by atoms with E-state index in [1.165, 1.54) is 0 Å². The van der Waals surface area contributed by atoms with Gasteiger partial charge < -0.3 is 14.5 Å². The Kier molecular flexibility index (Phi) is 5.58. The summed E-state index contributed by atoms with van der Waals surface area (Å²) < 4.78 is 5.13. The Balaban J connectivity index is 1.52. The molecule has 7 nitrogen and oxygen atoms in total. The van der Waals surface area contributed by atoms with E-state index in [-0.39, 0.29) is 17.9 Å². The predicted octanol–water partition coefficient (Wildman–Crippen LogP) is 2.50. The van der Waals surface area contributed by atoms with Gasteiger partial charge in [-0.15, -0.1) is 0 Å². The molecular weight excluding hydrogens is 368 g/mol. The van der Waals surface area contributed by atoms with Crippen LogP contribution in [-0.4, -0.2) is 51.8 Å². The highest BCUT2D eigenvalue weighted by molar-refractivity contribution is 5.94. The van der Waals surface area contributed by atoms with Crippen molar-refractivity contribution in [2.45, 2.75) is 45.4 Å². The van der Waals surface area contributed by atoms with Crippen molar-refractivity contribution in [3.63, 3.8) is 0 Å². The van der Waals surface area contributed by atoms with Crippen LogP contribution in [0.2, 0.25) is 0 Å². The maximum atomic E-state index is 13.1. The zero-order chi connectivity index (χ0) is 20.4. The molecule has 29 heavy (non-hydrogen) atoms. The van der Waals surface area contributed by atoms with Crippen LogP contribution in [0, 0.1) is 0 Å². The molecule has 3 heterocycles. The summed E-state index contributed by atoms with van der Waals surface area (Å²) in [6.07, 6.45) is 4.36. The van der Waals surface area contributed by atoms with Crippen molar-refractivity contribution >= 4 is 11.8 Å². The number of methoxy groups -OCH3 is 1. The van der Waals surface area contributed by atoms with E-state index in [1.807, 2.05) is 40.3 Å². The minimum Gasteiger partial charge on any atom is -0.380 e. The molecule has 0 aliphatic carbocycles. The fraction of sp³-hybridized carbons (Fsp3) is 0.455. The Hall–Kier alpha value is -2.80. The van der Waals surface area contributed by atoms with Gasteiger partial charge in [0, 0.05) is 57.4 Å². The van der Waals surface area contributed by atoms with E-state index in [1.54, 1.807) is 14.0 Å². The molecule has 1 atom stereocenters. The fourth-order valence-electron chi connectivity index (χ4n) is 4.12. The maximum absolute atomic E-state index is 13.1. The van der Waals surface area contributed by atoms with Gasteiger partial charge in [0.25, 0.3) is 5.91 Å². The molecule has 1 aromatic heterocycles. The molecule has 0 spiro atoms. The van der Waals surface area contributed by atoms with E-state index in [0.29, 0.717) is 37.6 Å². The molecule has 2 amide bonds. The largest absolute Gasteiger partial charge is 0.380 e. The predicted molar refractivity (Wildman–Crippen MR) is 107 cm³/mol. The summed E-state index contributed by atoms with van der Waals surface area (Å²) >= 11 is 0. The van der Waals surface area contributed by atoms with E-state index in [0.717, 1.165) is 36.1 Å². The van der Waals surface area contributed by atoms with Crippen molar-refractivity contribution in [3.8, 4) is 0 Å². The van der Waals surface area contributed by atoms with Gasteiger partial charge >= 0.3 is 0 Å². The number of nitrogens with zero attached hydrogens (tertiary/aromatic N) is 4. The number of likely N-dealkylation sites (tertiary alicyclic amines) is 1. The summed E-state index contributed by atoms with van der Waals surface area (Å²) in [5.41, 5.74) is 3.71. The summed E-state index contributed by atoms with van der Waals surface area (Å²) in [6, 6.07) is 7.47. The Morgan fingerprint density at radius 3 is 2.72 bits per heavy atom. The number of rotatable bonds is 4. The zero-order valence-electron chi connectivity index (χ0n) is 16.9. The number of hydrogen-bond acceptors (Lipinski definition) is 5. The highest BCUT2D eigenvalue weighted by Crippen LogP contribution is 2.32. The van der Waals surface area contributed by atoms with E-state index in [4.69, 9.17) is 9.72 Å². The quantitative estimate of drug-likeness (QED) is 0.796. The number of hydrogen-bond donors (Lipinski definition) is 0. The van der Waals surface area contributed by atoms with Gasteiger partial charge in [-0.25, -0.2) is 9.97 Å². The van der Waals surface area contributed by atoms with Crippen LogP contribution in [0.3, 0.4) is 0 Å². The molecule has 0 bridgehead atoms. The number of fused-ring (bicyclic) bond motifs is 1. The van der Waals surface area contributed by atoms with Crippen LogP contribution in [0.4, 0.5) is 0 Å².